The molecule has 1 atom stereocenters. The summed E-state index contributed by atoms with van der Waals surface area (Å²) in [4.78, 5) is 17.9. The molecule has 2 saturated heterocycles. The minimum absolute atomic E-state index is 0.140. The van der Waals surface area contributed by atoms with Crippen LogP contribution in [0.1, 0.15) is 23.9 Å². The van der Waals surface area contributed by atoms with E-state index in [9.17, 15) is 4.79 Å². The molecule has 1 unspecified atom stereocenters. The minimum Gasteiger partial charge on any atom is -0.323 e. The SMILES string of the molecule is CSc1cc(Cl)ccc1-c1ccc(C2CN(C(=O)N3CCC(n4ccnn4)C3)C2)cc1. The normalized spacial score (nSPS) is 19.0. The molecule has 5 rings (SSSR count). The molecule has 2 aliphatic heterocycles. The number of urea groups is 1. The van der Waals surface area contributed by atoms with Gasteiger partial charge in [-0.15, -0.1) is 16.9 Å². The third kappa shape index (κ3) is 4.04. The molecule has 160 valence electrons. The summed E-state index contributed by atoms with van der Waals surface area (Å²) in [5.74, 6) is 0.400. The summed E-state index contributed by atoms with van der Waals surface area (Å²) in [5.41, 5.74) is 3.67. The van der Waals surface area contributed by atoms with E-state index in [1.807, 2.05) is 32.8 Å². The third-order valence-electron chi connectivity index (χ3n) is 6.26. The van der Waals surface area contributed by atoms with E-state index in [1.54, 1.807) is 18.0 Å². The summed E-state index contributed by atoms with van der Waals surface area (Å²) in [6.45, 7) is 3.04. The lowest BCUT2D eigenvalue weighted by Crippen LogP contribution is -2.53. The second-order valence-corrected chi connectivity index (χ2v) is 9.41. The van der Waals surface area contributed by atoms with Crippen molar-refractivity contribution in [2.75, 3.05) is 32.4 Å². The molecule has 0 N–H and O–H groups in total. The molecule has 2 aromatic carbocycles. The number of hydrogen-bond acceptors (Lipinski definition) is 4. The highest BCUT2D eigenvalue weighted by Gasteiger charge is 2.37. The van der Waals surface area contributed by atoms with Crippen molar-refractivity contribution in [3.05, 3.63) is 65.4 Å². The van der Waals surface area contributed by atoms with Crippen molar-refractivity contribution in [1.82, 2.24) is 24.8 Å². The van der Waals surface area contributed by atoms with Crippen molar-refractivity contribution in [1.29, 1.82) is 0 Å². The van der Waals surface area contributed by atoms with Crippen molar-refractivity contribution in [3.8, 4) is 11.1 Å². The van der Waals surface area contributed by atoms with E-state index in [0.29, 0.717) is 12.5 Å². The van der Waals surface area contributed by atoms with Gasteiger partial charge in [-0.2, -0.15) is 0 Å². The number of aromatic nitrogens is 3. The van der Waals surface area contributed by atoms with Gasteiger partial charge in [-0.3, -0.25) is 0 Å². The Balaban J connectivity index is 1.19. The van der Waals surface area contributed by atoms with Gasteiger partial charge in [0.2, 0.25) is 0 Å². The topological polar surface area (TPSA) is 54.3 Å². The number of amides is 2. The van der Waals surface area contributed by atoms with E-state index in [2.05, 4.69) is 46.9 Å². The van der Waals surface area contributed by atoms with Crippen LogP contribution >= 0.6 is 23.4 Å². The molecule has 3 aromatic rings. The van der Waals surface area contributed by atoms with Crippen LogP contribution in [0.2, 0.25) is 5.02 Å². The largest absolute Gasteiger partial charge is 0.323 e. The Morgan fingerprint density at radius 3 is 2.61 bits per heavy atom. The van der Waals surface area contributed by atoms with Crippen molar-refractivity contribution in [2.45, 2.75) is 23.3 Å². The molecule has 6 nitrogen and oxygen atoms in total. The average Bonchev–Trinajstić information content (AvgIpc) is 3.45. The molecule has 0 saturated carbocycles. The van der Waals surface area contributed by atoms with Crippen molar-refractivity contribution >= 4 is 29.4 Å². The number of halogens is 1. The van der Waals surface area contributed by atoms with Gasteiger partial charge in [-0.25, -0.2) is 9.48 Å². The van der Waals surface area contributed by atoms with Gasteiger partial charge >= 0.3 is 6.03 Å². The quantitative estimate of drug-likeness (QED) is 0.533. The fraction of sp³-hybridized carbons (Fsp3) is 0.348. The summed E-state index contributed by atoms with van der Waals surface area (Å²) in [6.07, 6.45) is 6.55. The maximum Gasteiger partial charge on any atom is 0.320 e. The first-order valence-corrected chi connectivity index (χ1v) is 12.1. The van der Waals surface area contributed by atoms with E-state index in [1.165, 1.54) is 21.6 Å². The highest BCUT2D eigenvalue weighted by Crippen LogP contribution is 2.35. The molecule has 0 aliphatic carbocycles. The fourth-order valence-electron chi connectivity index (χ4n) is 4.43. The zero-order valence-corrected chi connectivity index (χ0v) is 18.9. The van der Waals surface area contributed by atoms with Crippen LogP contribution in [0.3, 0.4) is 0 Å². The second-order valence-electron chi connectivity index (χ2n) is 8.12. The Bertz CT molecular complexity index is 1070. The van der Waals surface area contributed by atoms with E-state index >= 15 is 0 Å². The molecular formula is C23H24ClN5OS. The average molecular weight is 454 g/mol. The summed E-state index contributed by atoms with van der Waals surface area (Å²) in [6, 6.07) is 15.1. The van der Waals surface area contributed by atoms with Crippen LogP contribution in [0.5, 0.6) is 0 Å². The van der Waals surface area contributed by atoms with E-state index in [0.717, 1.165) is 31.1 Å². The zero-order valence-electron chi connectivity index (χ0n) is 17.3. The number of hydrogen-bond donors (Lipinski definition) is 0. The second kappa shape index (κ2) is 8.55. The Kier molecular flexibility index (Phi) is 5.63. The first-order chi connectivity index (χ1) is 15.1. The van der Waals surface area contributed by atoms with Gasteiger partial charge in [0.25, 0.3) is 0 Å². The van der Waals surface area contributed by atoms with E-state index in [4.69, 9.17) is 11.6 Å². The predicted molar refractivity (Wildman–Crippen MR) is 124 cm³/mol. The lowest BCUT2D eigenvalue weighted by molar-refractivity contribution is 0.120. The van der Waals surface area contributed by atoms with Crippen LogP contribution in [0.15, 0.2) is 59.8 Å². The molecular weight excluding hydrogens is 430 g/mol. The van der Waals surface area contributed by atoms with Gasteiger partial charge in [0.05, 0.1) is 12.2 Å². The number of benzene rings is 2. The summed E-state index contributed by atoms with van der Waals surface area (Å²) >= 11 is 7.84. The van der Waals surface area contributed by atoms with Crippen LogP contribution in [-0.2, 0) is 0 Å². The summed E-state index contributed by atoms with van der Waals surface area (Å²) < 4.78 is 1.86. The summed E-state index contributed by atoms with van der Waals surface area (Å²) in [5, 5.41) is 8.71. The Hall–Kier alpha value is -2.51. The van der Waals surface area contributed by atoms with Gasteiger partial charge < -0.3 is 9.80 Å². The van der Waals surface area contributed by atoms with Crippen LogP contribution < -0.4 is 0 Å². The van der Waals surface area contributed by atoms with Crippen LogP contribution in [-0.4, -0.2) is 63.3 Å². The molecule has 1 aromatic heterocycles. The third-order valence-corrected chi connectivity index (χ3v) is 7.27. The molecule has 3 heterocycles. The van der Waals surface area contributed by atoms with Crippen LogP contribution in [0.25, 0.3) is 11.1 Å². The number of carbonyl (C=O) groups excluding carboxylic acids is 1. The minimum atomic E-state index is 0.140. The zero-order chi connectivity index (χ0) is 21.4. The number of carbonyl (C=O) groups is 1. The number of nitrogens with zero attached hydrogens (tertiary/aromatic N) is 5. The first-order valence-electron chi connectivity index (χ1n) is 10.5. The number of likely N-dealkylation sites (tertiary alicyclic amines) is 2. The van der Waals surface area contributed by atoms with E-state index < -0.39 is 0 Å². The monoisotopic (exact) mass is 453 g/mol. The Morgan fingerprint density at radius 2 is 1.90 bits per heavy atom. The Labute approximate surface area is 191 Å². The van der Waals surface area contributed by atoms with Gasteiger partial charge in [0, 0.05) is 48.2 Å². The summed E-state index contributed by atoms with van der Waals surface area (Å²) in [7, 11) is 0. The molecule has 0 bridgehead atoms. The van der Waals surface area contributed by atoms with Crippen molar-refractivity contribution in [3.63, 3.8) is 0 Å². The smallest absolute Gasteiger partial charge is 0.320 e. The van der Waals surface area contributed by atoms with Gasteiger partial charge in [-0.1, -0.05) is 47.1 Å². The van der Waals surface area contributed by atoms with Gasteiger partial charge in [0.15, 0.2) is 0 Å². The standard InChI is InChI=1S/C23H24ClN5OS/c1-31-22-12-19(24)6-7-21(22)17-4-2-16(3-5-17)18-13-28(14-18)23(30)27-10-8-20(15-27)29-11-9-25-26-29/h2-7,9,11-12,18,20H,8,10,13-15H2,1H3. The molecule has 2 aliphatic rings. The fourth-order valence-corrected chi connectivity index (χ4v) is 5.32. The van der Waals surface area contributed by atoms with Gasteiger partial charge in [0.1, 0.15) is 0 Å². The maximum absolute atomic E-state index is 12.9. The lowest BCUT2D eigenvalue weighted by Gasteiger charge is -2.41. The predicted octanol–water partition coefficient (Wildman–Crippen LogP) is 4.79. The number of rotatable bonds is 4. The molecule has 8 heteroatoms. The number of thioether (sulfide) groups is 1. The molecule has 2 fully saturated rings. The lowest BCUT2D eigenvalue weighted by atomic mass is 9.90. The van der Waals surface area contributed by atoms with Gasteiger partial charge in [-0.05, 0) is 41.5 Å². The highest BCUT2D eigenvalue weighted by molar-refractivity contribution is 7.98. The first kappa shape index (κ1) is 20.4. The van der Waals surface area contributed by atoms with E-state index in [-0.39, 0.29) is 12.1 Å². The molecule has 31 heavy (non-hydrogen) atoms. The van der Waals surface area contributed by atoms with Crippen molar-refractivity contribution in [2.24, 2.45) is 0 Å². The van der Waals surface area contributed by atoms with Crippen LogP contribution in [0.4, 0.5) is 4.79 Å². The Morgan fingerprint density at radius 1 is 1.10 bits per heavy atom. The molecule has 2 amide bonds. The van der Waals surface area contributed by atoms with Crippen LogP contribution in [0, 0.1) is 0 Å². The molecule has 0 spiro atoms. The molecule has 0 radical (unpaired) electrons. The highest BCUT2D eigenvalue weighted by atomic mass is 35.5. The van der Waals surface area contributed by atoms with Crippen molar-refractivity contribution < 1.29 is 4.79 Å². The maximum atomic E-state index is 12.9.